The lowest BCUT2D eigenvalue weighted by molar-refractivity contribution is 1.33. The molecule has 0 N–H and O–H groups in total. The van der Waals surface area contributed by atoms with Crippen LogP contribution in [0, 0.1) is 41.5 Å². The number of benzene rings is 3. The van der Waals surface area contributed by atoms with Crippen molar-refractivity contribution < 1.29 is 0 Å². The van der Waals surface area contributed by atoms with Crippen LogP contribution in [0.3, 0.4) is 0 Å². The summed E-state index contributed by atoms with van der Waals surface area (Å²) in [5.41, 5.74) is 10.9. The summed E-state index contributed by atoms with van der Waals surface area (Å²) in [6.07, 6.45) is 0. The molecule has 0 saturated heterocycles. The zero-order valence-electron chi connectivity index (χ0n) is 30.5. The molecule has 0 bridgehead atoms. The molecule has 3 aromatic carbocycles. The van der Waals surface area contributed by atoms with Crippen molar-refractivity contribution in [2.45, 2.75) is 107 Å². The number of hydrogen-bond acceptors (Lipinski definition) is 3. The van der Waals surface area contributed by atoms with E-state index in [1.165, 1.54) is 48.3 Å². The molecular weight excluding hydrogens is 599 g/mol. The Hall–Kier alpha value is -2.46. The highest BCUT2D eigenvalue weighted by molar-refractivity contribution is 7.59. The summed E-state index contributed by atoms with van der Waals surface area (Å²) in [7, 11) is -8.59. The Kier molecular flexibility index (Phi) is 10.7. The molecule has 0 radical (unpaired) electrons. The first-order chi connectivity index (χ1) is 20.1. The molecule has 236 valence electrons. The van der Waals surface area contributed by atoms with Crippen molar-refractivity contribution in [3.05, 3.63) is 88.0 Å². The fourth-order valence-corrected chi connectivity index (χ4v) is 33.4. The van der Waals surface area contributed by atoms with Crippen LogP contribution < -0.4 is 0 Å². The maximum Gasteiger partial charge on any atom is 0.138 e. The summed E-state index contributed by atoms with van der Waals surface area (Å²) in [6, 6.07) is 19.7. The average Bonchev–Trinajstić information content (AvgIpc) is 2.86. The number of para-hydroxylation sites is 3. The van der Waals surface area contributed by atoms with Crippen LogP contribution in [0.2, 0.25) is 65.5 Å². The van der Waals surface area contributed by atoms with Gasteiger partial charge in [0.2, 0.25) is 0 Å². The van der Waals surface area contributed by atoms with Crippen molar-refractivity contribution in [2.24, 2.45) is 15.0 Å². The molecule has 0 aliphatic rings. The third-order valence-electron chi connectivity index (χ3n) is 8.78. The van der Waals surface area contributed by atoms with Crippen molar-refractivity contribution in [3.63, 3.8) is 0 Å². The number of aliphatic imine (C=N–C) groups is 3. The summed E-state index contributed by atoms with van der Waals surface area (Å²) in [4.78, 5) is 21.6. The zero-order valence-corrected chi connectivity index (χ0v) is 34.5. The van der Waals surface area contributed by atoms with Gasteiger partial charge in [-0.2, -0.15) is 0 Å². The maximum absolute atomic E-state index is 5.87. The van der Waals surface area contributed by atoms with E-state index in [0.29, 0.717) is 0 Å². The molecule has 0 atom stereocenters. The molecule has 3 aromatic rings. The van der Waals surface area contributed by atoms with Gasteiger partial charge < -0.3 is 0 Å². The van der Waals surface area contributed by atoms with E-state index in [0.717, 1.165) is 17.1 Å². The molecule has 0 fully saturated rings. The van der Waals surface area contributed by atoms with Gasteiger partial charge in [0.1, 0.15) is 16.1 Å². The first kappa shape index (κ1) is 36.0. The summed E-state index contributed by atoms with van der Waals surface area (Å²) >= 11 is 0. The SMILES string of the molecule is Cc1cccc(C)c1N=C([Si](C)(C)C)[Si](C)(C)C(=Nc1c(C)cccc1C)[Si](C)(C)C(=Nc1c(C)cccc1C)[Si](C)(C)C. The highest BCUT2D eigenvalue weighted by Gasteiger charge is 2.51. The minimum absolute atomic E-state index is 1.13. The maximum atomic E-state index is 5.87. The van der Waals surface area contributed by atoms with Crippen LogP contribution in [0.15, 0.2) is 69.6 Å². The molecule has 3 nitrogen and oxygen atoms in total. The van der Waals surface area contributed by atoms with Gasteiger partial charge in [0.15, 0.2) is 0 Å². The largest absolute Gasteiger partial charge is 0.266 e. The van der Waals surface area contributed by atoms with Gasteiger partial charge in [-0.1, -0.05) is 120 Å². The van der Waals surface area contributed by atoms with Crippen LogP contribution >= 0.6 is 0 Å². The van der Waals surface area contributed by atoms with Crippen LogP contribution in [0.25, 0.3) is 0 Å². The molecule has 0 aromatic heterocycles. The Bertz CT molecular complexity index is 1480. The first-order valence-corrected chi connectivity index (χ1v) is 29.1. The third-order valence-corrected chi connectivity index (χ3v) is 29.0. The van der Waals surface area contributed by atoms with E-state index in [1.54, 1.807) is 0 Å². The van der Waals surface area contributed by atoms with Gasteiger partial charge in [-0.3, -0.25) is 15.0 Å². The molecule has 0 amide bonds. The number of nitrogens with zero attached hydrogens (tertiary/aromatic N) is 3. The Morgan fingerprint density at radius 2 is 0.568 bits per heavy atom. The second-order valence-corrected chi connectivity index (χ2v) is 35.7. The van der Waals surface area contributed by atoms with Gasteiger partial charge in [-0.25, -0.2) is 0 Å². The molecule has 0 spiro atoms. The lowest BCUT2D eigenvalue weighted by Crippen LogP contribution is -2.68. The lowest BCUT2D eigenvalue weighted by atomic mass is 10.1. The van der Waals surface area contributed by atoms with Gasteiger partial charge in [-0.15, -0.1) is 0 Å². The third kappa shape index (κ3) is 7.66. The normalized spacial score (nSPS) is 13.7. The average molecular weight is 656 g/mol. The second kappa shape index (κ2) is 13.1. The number of rotatable bonds is 9. The summed E-state index contributed by atoms with van der Waals surface area (Å²) in [5.74, 6) is 0. The predicted octanol–water partition coefficient (Wildman–Crippen LogP) is 11.5. The standard InChI is InChI=1S/C37H57N3Si4/c1-26-20-17-21-27(2)32(26)38-35(41(7,8)9)43(13,14)37(40-34-30(5)24-19-25-31(34)6)44(15,16)36(42(10,11)12)39-33-28(3)22-18-23-29(33)4/h17-25H,1-16H3. The van der Waals surface area contributed by atoms with Gasteiger partial charge in [0, 0.05) is 4.96 Å². The molecule has 0 unspecified atom stereocenters. The Morgan fingerprint density at radius 1 is 0.364 bits per heavy atom. The van der Waals surface area contributed by atoms with Crippen molar-refractivity contribution in [1.29, 1.82) is 0 Å². The topological polar surface area (TPSA) is 37.1 Å². The molecular formula is C37H57N3Si4. The van der Waals surface area contributed by atoms with Crippen LogP contribution in [-0.2, 0) is 0 Å². The fourth-order valence-electron chi connectivity index (χ4n) is 7.06. The predicted molar refractivity (Wildman–Crippen MR) is 211 cm³/mol. The van der Waals surface area contributed by atoms with E-state index in [1.807, 2.05) is 0 Å². The Balaban J connectivity index is 2.52. The van der Waals surface area contributed by atoms with Gasteiger partial charge in [-0.05, 0) is 84.8 Å². The van der Waals surface area contributed by atoms with Gasteiger partial charge in [0.25, 0.3) is 0 Å². The van der Waals surface area contributed by atoms with Crippen LogP contribution in [0.1, 0.15) is 33.4 Å². The first-order valence-electron chi connectivity index (χ1n) is 16.1. The highest BCUT2D eigenvalue weighted by Crippen LogP contribution is 2.35. The van der Waals surface area contributed by atoms with E-state index in [2.05, 4.69) is 162 Å². The minimum Gasteiger partial charge on any atom is -0.266 e. The molecule has 44 heavy (non-hydrogen) atoms. The molecule has 0 aliphatic heterocycles. The van der Waals surface area contributed by atoms with Crippen molar-refractivity contribution in [2.75, 3.05) is 0 Å². The lowest BCUT2D eigenvalue weighted by Gasteiger charge is -2.42. The van der Waals surface area contributed by atoms with E-state index in [-0.39, 0.29) is 0 Å². The van der Waals surface area contributed by atoms with E-state index >= 15 is 0 Å². The van der Waals surface area contributed by atoms with E-state index in [9.17, 15) is 0 Å². The van der Waals surface area contributed by atoms with E-state index < -0.39 is 32.3 Å². The van der Waals surface area contributed by atoms with Crippen molar-refractivity contribution in [3.8, 4) is 0 Å². The van der Waals surface area contributed by atoms with Crippen LogP contribution in [-0.4, -0.2) is 47.2 Å². The number of hydrogen-bond donors (Lipinski definition) is 0. The quantitative estimate of drug-likeness (QED) is 0.162. The van der Waals surface area contributed by atoms with Crippen LogP contribution in [0.4, 0.5) is 17.1 Å². The fraction of sp³-hybridized carbons (Fsp3) is 0.432. The van der Waals surface area contributed by atoms with Crippen molar-refractivity contribution >= 4 is 64.2 Å². The van der Waals surface area contributed by atoms with Crippen LogP contribution in [0.5, 0.6) is 0 Å². The molecule has 7 heteroatoms. The van der Waals surface area contributed by atoms with Gasteiger partial charge in [0.05, 0.1) is 33.2 Å². The zero-order chi connectivity index (χ0) is 33.4. The second-order valence-electron chi connectivity index (χ2n) is 15.9. The van der Waals surface area contributed by atoms with Crippen molar-refractivity contribution in [1.82, 2.24) is 0 Å². The molecule has 0 aliphatic carbocycles. The molecule has 0 saturated carbocycles. The summed E-state index contributed by atoms with van der Waals surface area (Å²) in [5, 5.41) is 0. The smallest absolute Gasteiger partial charge is 0.138 e. The van der Waals surface area contributed by atoms with Gasteiger partial charge >= 0.3 is 0 Å². The monoisotopic (exact) mass is 655 g/mol. The number of aryl methyl sites for hydroxylation is 6. The molecule has 3 rings (SSSR count). The Labute approximate surface area is 273 Å². The summed E-state index contributed by atoms with van der Waals surface area (Å²) in [6.45, 7) is 38.2. The minimum atomic E-state index is -2.41. The Morgan fingerprint density at radius 3 is 0.773 bits per heavy atom. The highest BCUT2D eigenvalue weighted by atomic mass is 28.4. The molecule has 0 heterocycles. The van der Waals surface area contributed by atoms with E-state index in [4.69, 9.17) is 15.0 Å². The summed E-state index contributed by atoms with van der Waals surface area (Å²) < 4.78 is 0.